The Morgan fingerprint density at radius 2 is 0.626 bits per heavy atom. The minimum absolute atomic E-state index is 1.10. The van der Waals surface area contributed by atoms with Crippen LogP contribution in [0.15, 0.2) is 309 Å². The summed E-state index contributed by atoms with van der Waals surface area (Å²) in [5.41, 5.74) is 27.0. The molecule has 19 rings (SSSR count). The normalized spacial score (nSPS) is 12.1. The number of para-hydroxylation sites is 7. The van der Waals surface area contributed by atoms with E-state index in [4.69, 9.17) is 0 Å². The van der Waals surface area contributed by atoms with E-state index in [1.165, 1.54) is 137 Å². The number of fused-ring (bicyclic) bond motifs is 15. The Hall–Kier alpha value is -11.9. The van der Waals surface area contributed by atoms with Crippen LogP contribution in [-0.2, 0) is 0 Å². The van der Waals surface area contributed by atoms with E-state index >= 15 is 0 Å². The van der Waals surface area contributed by atoms with Gasteiger partial charge < -0.3 is 22.8 Å². The molecular formula is C86H57N5. The Labute approximate surface area is 525 Å². The average Bonchev–Trinajstić information content (AvgIpc) is 1.65. The van der Waals surface area contributed by atoms with E-state index in [1.807, 2.05) is 0 Å². The van der Waals surface area contributed by atoms with Gasteiger partial charge in [0.05, 0.1) is 66.5 Å². The molecule has 0 saturated carbocycles. The SMILES string of the molecule is Cc1ccc(-n2c3ccccc3c3ccc(-c4ccc(-c5ccccc5)c(C)c4-n4c5ccccc5c5ccccc54)cc32)cc1-n1c2ccccc2c2c(-c3cccc(-n4c5ccccc5c5cc(-n6c7ccccc7c7ccccc76)ccc54)c3)cccc21. The van der Waals surface area contributed by atoms with Gasteiger partial charge in [0.2, 0.25) is 0 Å². The van der Waals surface area contributed by atoms with Crippen LogP contribution in [0.4, 0.5) is 0 Å². The number of hydrogen-bond acceptors (Lipinski definition) is 0. The maximum atomic E-state index is 2.51. The van der Waals surface area contributed by atoms with Gasteiger partial charge >= 0.3 is 0 Å². The van der Waals surface area contributed by atoms with Gasteiger partial charge in [0.25, 0.3) is 0 Å². The van der Waals surface area contributed by atoms with Gasteiger partial charge in [0.1, 0.15) is 0 Å². The minimum atomic E-state index is 1.10. The maximum Gasteiger partial charge on any atom is 0.0575 e. The third-order valence-corrected chi connectivity index (χ3v) is 19.6. The van der Waals surface area contributed by atoms with Crippen LogP contribution in [0.5, 0.6) is 0 Å². The van der Waals surface area contributed by atoms with Crippen LogP contribution in [-0.4, -0.2) is 22.8 Å². The second-order valence-corrected chi connectivity index (χ2v) is 24.5. The van der Waals surface area contributed by atoms with E-state index in [0.29, 0.717) is 0 Å². The number of aryl methyl sites for hydroxylation is 1. The summed E-state index contributed by atoms with van der Waals surface area (Å²) in [6.45, 7) is 4.56. The Balaban J connectivity index is 0.766. The average molecular weight is 1160 g/mol. The standard InChI is InChI=1S/C86H57N5/c1-54-42-44-61(89-76-36-15-8-30-69(76)71-46-43-58(51-84(71)89)64-48-47-62(56-22-4-3-5-23-56)55(2)86(64)91-78-38-17-9-28-67(78)68-29-10-18-39-79(68)91)53-83(54)90-80-40-19-12-32-72(80)85-63(33-21-41-82(85)90)57-24-20-25-59(50-57)87-77-37-16-11-31-70(77)73-52-60(45-49-81(73)87)88-74-34-13-6-26-65(74)66-27-7-14-35-75(66)88/h3-53H,1-2H3. The monoisotopic (exact) mass is 1160 g/mol. The van der Waals surface area contributed by atoms with Crippen LogP contribution < -0.4 is 0 Å². The molecule has 5 heterocycles. The topological polar surface area (TPSA) is 24.6 Å². The van der Waals surface area contributed by atoms with Crippen molar-refractivity contribution < 1.29 is 0 Å². The molecule has 5 nitrogen and oxygen atoms in total. The highest BCUT2D eigenvalue weighted by atomic mass is 15.0. The smallest absolute Gasteiger partial charge is 0.0575 e. The van der Waals surface area contributed by atoms with Crippen molar-refractivity contribution >= 4 is 109 Å². The fourth-order valence-electron chi connectivity index (χ4n) is 15.6. The lowest BCUT2D eigenvalue weighted by atomic mass is 9.92. The third kappa shape index (κ3) is 7.52. The molecule has 14 aromatic carbocycles. The highest BCUT2D eigenvalue weighted by Crippen LogP contribution is 2.46. The Morgan fingerprint density at radius 1 is 0.209 bits per heavy atom. The number of hydrogen-bond donors (Lipinski definition) is 0. The molecule has 19 aromatic rings. The fourth-order valence-corrected chi connectivity index (χ4v) is 15.6. The lowest BCUT2D eigenvalue weighted by Crippen LogP contribution is -2.03. The molecule has 0 N–H and O–H groups in total. The molecule has 0 unspecified atom stereocenters. The van der Waals surface area contributed by atoms with E-state index in [1.54, 1.807) is 0 Å². The molecular weight excluding hydrogens is 1100 g/mol. The first kappa shape index (κ1) is 51.2. The molecule has 0 saturated heterocycles. The highest BCUT2D eigenvalue weighted by molar-refractivity contribution is 6.18. The summed E-state index contributed by atoms with van der Waals surface area (Å²) in [7, 11) is 0. The lowest BCUT2D eigenvalue weighted by molar-refractivity contribution is 1.11. The second-order valence-electron chi connectivity index (χ2n) is 24.5. The predicted octanol–water partition coefficient (Wildman–Crippen LogP) is 22.8. The lowest BCUT2D eigenvalue weighted by Gasteiger charge is -2.20. The van der Waals surface area contributed by atoms with Crippen LogP contribution in [0.25, 0.3) is 171 Å². The number of nitrogens with zero attached hydrogens (tertiary/aromatic N) is 5. The summed E-state index contributed by atoms with van der Waals surface area (Å²) in [4.78, 5) is 0. The molecule has 5 aromatic heterocycles. The summed E-state index contributed by atoms with van der Waals surface area (Å²) >= 11 is 0. The summed E-state index contributed by atoms with van der Waals surface area (Å²) < 4.78 is 12.4. The van der Waals surface area contributed by atoms with Crippen molar-refractivity contribution in [1.29, 1.82) is 0 Å². The van der Waals surface area contributed by atoms with Crippen molar-refractivity contribution in [2.75, 3.05) is 0 Å². The van der Waals surface area contributed by atoms with Gasteiger partial charge in [-0.25, -0.2) is 0 Å². The Bertz CT molecular complexity index is 6130. The number of aromatic nitrogens is 5. The first-order chi connectivity index (χ1) is 45.0. The van der Waals surface area contributed by atoms with E-state index in [-0.39, 0.29) is 0 Å². The molecule has 0 aliphatic rings. The molecule has 0 radical (unpaired) electrons. The maximum absolute atomic E-state index is 2.51. The zero-order valence-electron chi connectivity index (χ0n) is 50.2. The molecule has 5 heteroatoms. The van der Waals surface area contributed by atoms with E-state index < -0.39 is 0 Å². The van der Waals surface area contributed by atoms with Gasteiger partial charge in [-0.05, 0) is 150 Å². The molecule has 0 spiro atoms. The van der Waals surface area contributed by atoms with Crippen LogP contribution in [0.2, 0.25) is 0 Å². The van der Waals surface area contributed by atoms with Gasteiger partial charge in [0.15, 0.2) is 0 Å². The molecule has 0 aliphatic carbocycles. The number of rotatable bonds is 8. The molecule has 0 aliphatic heterocycles. The molecule has 426 valence electrons. The van der Waals surface area contributed by atoms with Gasteiger partial charge in [-0.1, -0.05) is 212 Å². The summed E-state index contributed by atoms with van der Waals surface area (Å²) in [5, 5.41) is 12.3. The zero-order valence-corrected chi connectivity index (χ0v) is 50.2. The quantitative estimate of drug-likeness (QED) is 0.145. The van der Waals surface area contributed by atoms with Gasteiger partial charge in [0, 0.05) is 76.5 Å². The van der Waals surface area contributed by atoms with Crippen LogP contribution in [0, 0.1) is 13.8 Å². The molecule has 0 amide bonds. The third-order valence-electron chi connectivity index (χ3n) is 19.6. The van der Waals surface area contributed by atoms with Crippen molar-refractivity contribution in [3.05, 3.63) is 321 Å². The summed E-state index contributed by atoms with van der Waals surface area (Å²) in [6, 6.07) is 115. The highest BCUT2D eigenvalue weighted by Gasteiger charge is 2.24. The molecule has 0 atom stereocenters. The van der Waals surface area contributed by atoms with Crippen LogP contribution in [0.1, 0.15) is 11.1 Å². The summed E-state index contributed by atoms with van der Waals surface area (Å²) in [6.07, 6.45) is 0. The zero-order chi connectivity index (χ0) is 60.0. The Morgan fingerprint density at radius 3 is 1.23 bits per heavy atom. The van der Waals surface area contributed by atoms with Crippen molar-refractivity contribution in [1.82, 2.24) is 22.8 Å². The van der Waals surface area contributed by atoms with Gasteiger partial charge in [-0.3, -0.25) is 0 Å². The molecule has 0 bridgehead atoms. The van der Waals surface area contributed by atoms with E-state index in [0.717, 1.165) is 44.9 Å². The largest absolute Gasteiger partial charge is 0.309 e. The van der Waals surface area contributed by atoms with E-state index in [2.05, 4.69) is 346 Å². The van der Waals surface area contributed by atoms with Crippen molar-refractivity contribution in [3.63, 3.8) is 0 Å². The van der Waals surface area contributed by atoms with Crippen LogP contribution in [0.3, 0.4) is 0 Å². The fraction of sp³-hybridized carbons (Fsp3) is 0.0233. The molecule has 0 fully saturated rings. The summed E-state index contributed by atoms with van der Waals surface area (Å²) in [5.74, 6) is 0. The molecule has 91 heavy (non-hydrogen) atoms. The second kappa shape index (κ2) is 19.8. The van der Waals surface area contributed by atoms with Crippen LogP contribution >= 0.6 is 0 Å². The van der Waals surface area contributed by atoms with Crippen molar-refractivity contribution in [2.45, 2.75) is 13.8 Å². The first-order valence-corrected chi connectivity index (χ1v) is 31.5. The van der Waals surface area contributed by atoms with Gasteiger partial charge in [-0.15, -0.1) is 0 Å². The predicted molar refractivity (Wildman–Crippen MR) is 384 cm³/mol. The van der Waals surface area contributed by atoms with Gasteiger partial charge in [-0.2, -0.15) is 0 Å². The van der Waals surface area contributed by atoms with Crippen molar-refractivity contribution in [2.24, 2.45) is 0 Å². The van der Waals surface area contributed by atoms with Crippen molar-refractivity contribution in [3.8, 4) is 61.8 Å². The Kier molecular flexibility index (Phi) is 11.1. The first-order valence-electron chi connectivity index (χ1n) is 31.5. The van der Waals surface area contributed by atoms with E-state index in [9.17, 15) is 0 Å². The minimum Gasteiger partial charge on any atom is -0.309 e. The number of benzene rings is 14.